The number of thiazole rings is 1. The van der Waals surface area contributed by atoms with Crippen molar-refractivity contribution in [2.75, 3.05) is 18.1 Å². The number of hydrogen-bond acceptors (Lipinski definition) is 5. The van der Waals surface area contributed by atoms with E-state index >= 15 is 0 Å². The van der Waals surface area contributed by atoms with E-state index in [0.717, 1.165) is 9.88 Å². The van der Waals surface area contributed by atoms with Crippen LogP contribution in [-0.4, -0.2) is 36.6 Å². The van der Waals surface area contributed by atoms with Gasteiger partial charge in [-0.2, -0.15) is 0 Å². The Kier molecular flexibility index (Phi) is 3.08. The van der Waals surface area contributed by atoms with Crippen molar-refractivity contribution >= 4 is 21.2 Å². The topological polar surface area (TPSA) is 67.3 Å². The summed E-state index contributed by atoms with van der Waals surface area (Å²) in [5.41, 5.74) is 0. The standard InChI is InChI=1S/C9H13NO3S2/c11-3-1-8-5-10-9(14-8)7-2-4-15(12,13)6-7/h5,7,11H,1-4,6H2. The minimum atomic E-state index is -2.83. The molecule has 0 aliphatic carbocycles. The van der Waals surface area contributed by atoms with Gasteiger partial charge >= 0.3 is 0 Å². The highest BCUT2D eigenvalue weighted by atomic mass is 32.2. The number of aliphatic hydroxyl groups excluding tert-OH is 1. The molecule has 6 heteroatoms. The van der Waals surface area contributed by atoms with Crippen LogP contribution in [0.5, 0.6) is 0 Å². The van der Waals surface area contributed by atoms with Gasteiger partial charge in [-0.3, -0.25) is 0 Å². The molecule has 1 unspecified atom stereocenters. The van der Waals surface area contributed by atoms with Crippen molar-refractivity contribution in [3.8, 4) is 0 Å². The molecular weight excluding hydrogens is 234 g/mol. The summed E-state index contributed by atoms with van der Waals surface area (Å²) in [4.78, 5) is 5.25. The number of rotatable bonds is 3. The predicted octanol–water partition coefficient (Wildman–Crippen LogP) is 0.580. The zero-order valence-corrected chi connectivity index (χ0v) is 9.85. The van der Waals surface area contributed by atoms with Crippen molar-refractivity contribution in [2.45, 2.75) is 18.8 Å². The van der Waals surface area contributed by atoms with E-state index in [4.69, 9.17) is 5.11 Å². The second-order valence-corrected chi connectivity index (χ2v) is 7.11. The van der Waals surface area contributed by atoms with Crippen molar-refractivity contribution in [1.29, 1.82) is 0 Å². The Balaban J connectivity index is 2.10. The van der Waals surface area contributed by atoms with Crippen molar-refractivity contribution in [3.05, 3.63) is 16.1 Å². The number of aromatic nitrogens is 1. The maximum absolute atomic E-state index is 11.3. The summed E-state index contributed by atoms with van der Waals surface area (Å²) in [6, 6.07) is 0. The molecular formula is C9H13NO3S2. The molecule has 1 atom stereocenters. The summed E-state index contributed by atoms with van der Waals surface area (Å²) in [6.45, 7) is 0.116. The Hall–Kier alpha value is -0.460. The molecule has 0 radical (unpaired) electrons. The van der Waals surface area contributed by atoms with Crippen LogP contribution in [0.1, 0.15) is 22.2 Å². The van der Waals surface area contributed by atoms with Gasteiger partial charge in [-0.05, 0) is 6.42 Å². The van der Waals surface area contributed by atoms with Gasteiger partial charge in [0.05, 0.1) is 16.5 Å². The van der Waals surface area contributed by atoms with Gasteiger partial charge < -0.3 is 5.11 Å². The summed E-state index contributed by atoms with van der Waals surface area (Å²) in [5, 5.41) is 9.66. The van der Waals surface area contributed by atoms with Gasteiger partial charge in [0, 0.05) is 30.0 Å². The number of nitrogens with zero attached hydrogens (tertiary/aromatic N) is 1. The van der Waals surface area contributed by atoms with Crippen molar-refractivity contribution in [1.82, 2.24) is 4.98 Å². The second-order valence-electron chi connectivity index (χ2n) is 3.74. The Morgan fingerprint density at radius 2 is 2.40 bits per heavy atom. The molecule has 0 aromatic carbocycles. The molecule has 1 aromatic heterocycles. The zero-order chi connectivity index (χ0) is 10.9. The Bertz CT molecular complexity index is 438. The third kappa shape index (κ3) is 2.56. The van der Waals surface area contributed by atoms with Crippen LogP contribution in [-0.2, 0) is 16.3 Å². The van der Waals surface area contributed by atoms with Crippen LogP contribution in [0, 0.1) is 0 Å². The van der Waals surface area contributed by atoms with Crippen molar-refractivity contribution in [3.63, 3.8) is 0 Å². The van der Waals surface area contributed by atoms with Gasteiger partial charge in [0.2, 0.25) is 0 Å². The molecule has 1 saturated heterocycles. The molecule has 4 nitrogen and oxygen atoms in total. The lowest BCUT2D eigenvalue weighted by atomic mass is 10.1. The van der Waals surface area contributed by atoms with E-state index in [1.54, 1.807) is 6.20 Å². The first-order valence-corrected chi connectivity index (χ1v) is 7.50. The smallest absolute Gasteiger partial charge is 0.151 e. The molecule has 2 rings (SSSR count). The summed E-state index contributed by atoms with van der Waals surface area (Å²) in [6.07, 6.45) is 3.03. The van der Waals surface area contributed by atoms with Gasteiger partial charge in [-0.15, -0.1) is 11.3 Å². The lowest BCUT2D eigenvalue weighted by Gasteiger charge is -2.00. The molecule has 84 valence electrons. The van der Waals surface area contributed by atoms with E-state index in [-0.39, 0.29) is 24.0 Å². The molecule has 0 amide bonds. The average Bonchev–Trinajstić information content (AvgIpc) is 2.73. The SMILES string of the molecule is O=S1(=O)CCC(c2ncc(CCO)s2)C1. The third-order valence-corrected chi connectivity index (χ3v) is 5.50. The Morgan fingerprint density at radius 1 is 1.60 bits per heavy atom. The van der Waals surface area contributed by atoms with Gasteiger partial charge in [-0.25, -0.2) is 13.4 Å². The quantitative estimate of drug-likeness (QED) is 0.848. The number of sulfone groups is 1. The van der Waals surface area contributed by atoms with E-state index < -0.39 is 9.84 Å². The van der Waals surface area contributed by atoms with Gasteiger partial charge in [0.25, 0.3) is 0 Å². The molecule has 1 aliphatic rings. The van der Waals surface area contributed by atoms with E-state index in [1.165, 1.54) is 11.3 Å². The Morgan fingerprint density at radius 3 is 3.00 bits per heavy atom. The molecule has 0 bridgehead atoms. The monoisotopic (exact) mass is 247 g/mol. The summed E-state index contributed by atoms with van der Waals surface area (Å²) >= 11 is 1.52. The molecule has 1 aromatic rings. The van der Waals surface area contributed by atoms with Crippen LogP contribution in [0.4, 0.5) is 0 Å². The van der Waals surface area contributed by atoms with Gasteiger partial charge in [0.15, 0.2) is 9.84 Å². The minimum absolute atomic E-state index is 0.0763. The highest BCUT2D eigenvalue weighted by molar-refractivity contribution is 7.91. The fraction of sp³-hybridized carbons (Fsp3) is 0.667. The molecule has 2 heterocycles. The highest BCUT2D eigenvalue weighted by Gasteiger charge is 2.30. The van der Waals surface area contributed by atoms with Crippen LogP contribution in [0.15, 0.2) is 6.20 Å². The van der Waals surface area contributed by atoms with Crippen LogP contribution in [0.3, 0.4) is 0 Å². The normalized spacial score (nSPS) is 24.5. The van der Waals surface area contributed by atoms with Crippen LogP contribution in [0.25, 0.3) is 0 Å². The molecule has 15 heavy (non-hydrogen) atoms. The van der Waals surface area contributed by atoms with E-state index in [2.05, 4.69) is 4.98 Å². The third-order valence-electron chi connectivity index (χ3n) is 2.51. The highest BCUT2D eigenvalue weighted by Crippen LogP contribution is 2.31. The first kappa shape index (κ1) is 11.0. The van der Waals surface area contributed by atoms with Gasteiger partial charge in [-0.1, -0.05) is 0 Å². The van der Waals surface area contributed by atoms with Gasteiger partial charge in [0.1, 0.15) is 0 Å². The van der Waals surface area contributed by atoms with Crippen LogP contribution in [0.2, 0.25) is 0 Å². The average molecular weight is 247 g/mol. The summed E-state index contributed by atoms with van der Waals surface area (Å²) in [7, 11) is -2.83. The van der Waals surface area contributed by atoms with E-state index in [1.807, 2.05) is 0 Å². The Labute approximate surface area is 92.9 Å². The lowest BCUT2D eigenvalue weighted by Crippen LogP contribution is -2.03. The summed E-state index contributed by atoms with van der Waals surface area (Å²) in [5.74, 6) is 0.596. The molecule has 1 fully saturated rings. The lowest BCUT2D eigenvalue weighted by molar-refractivity contribution is 0.300. The molecule has 1 aliphatic heterocycles. The number of hydrogen-bond donors (Lipinski definition) is 1. The van der Waals surface area contributed by atoms with Crippen molar-refractivity contribution in [2.24, 2.45) is 0 Å². The summed E-state index contributed by atoms with van der Waals surface area (Å²) < 4.78 is 22.6. The van der Waals surface area contributed by atoms with E-state index in [9.17, 15) is 8.42 Å². The largest absolute Gasteiger partial charge is 0.396 e. The maximum atomic E-state index is 11.3. The van der Waals surface area contributed by atoms with Crippen molar-refractivity contribution < 1.29 is 13.5 Å². The minimum Gasteiger partial charge on any atom is -0.396 e. The first-order chi connectivity index (χ1) is 7.11. The molecule has 0 spiro atoms. The fourth-order valence-corrected chi connectivity index (χ4v) is 4.62. The maximum Gasteiger partial charge on any atom is 0.151 e. The second kappa shape index (κ2) is 4.19. The fourth-order valence-electron chi connectivity index (χ4n) is 1.73. The zero-order valence-electron chi connectivity index (χ0n) is 8.22. The number of aliphatic hydroxyl groups is 1. The first-order valence-electron chi connectivity index (χ1n) is 4.86. The van der Waals surface area contributed by atoms with Crippen LogP contribution >= 0.6 is 11.3 Å². The molecule has 0 saturated carbocycles. The molecule has 1 N–H and O–H groups in total. The van der Waals surface area contributed by atoms with E-state index in [0.29, 0.717) is 12.8 Å². The van der Waals surface area contributed by atoms with Crippen LogP contribution < -0.4 is 0 Å². The predicted molar refractivity (Wildman–Crippen MR) is 58.9 cm³/mol.